The van der Waals surface area contributed by atoms with Crippen molar-refractivity contribution >= 4 is 44.3 Å². The lowest BCUT2D eigenvalue weighted by Crippen LogP contribution is -2.31. The molecule has 1 heterocycles. The second-order valence-electron chi connectivity index (χ2n) is 8.45. The van der Waals surface area contributed by atoms with Crippen molar-refractivity contribution < 1.29 is 27.5 Å². The van der Waals surface area contributed by atoms with Gasteiger partial charge in [0.1, 0.15) is 5.00 Å². The number of nitrogens with zero attached hydrogens (tertiary/aromatic N) is 1. The Morgan fingerprint density at radius 3 is 2.35 bits per heavy atom. The van der Waals surface area contributed by atoms with Gasteiger partial charge in [0.15, 0.2) is 0 Å². The van der Waals surface area contributed by atoms with Crippen molar-refractivity contribution in [1.29, 1.82) is 0 Å². The van der Waals surface area contributed by atoms with E-state index in [2.05, 4.69) is 15.4 Å². The molecule has 2 N–H and O–H groups in total. The molecule has 1 fully saturated rings. The summed E-state index contributed by atoms with van der Waals surface area (Å²) in [7, 11) is -0.871. The highest BCUT2D eigenvalue weighted by atomic mass is 32.2. The van der Waals surface area contributed by atoms with Crippen molar-refractivity contribution in [2.45, 2.75) is 55.9 Å². The highest BCUT2D eigenvalue weighted by molar-refractivity contribution is 7.89. The van der Waals surface area contributed by atoms with Gasteiger partial charge in [-0.3, -0.25) is 14.9 Å². The molecule has 0 unspecified atom stereocenters. The van der Waals surface area contributed by atoms with Gasteiger partial charge < -0.3 is 10.1 Å². The van der Waals surface area contributed by atoms with Crippen LogP contribution in [0.25, 0.3) is 0 Å². The lowest BCUT2D eigenvalue weighted by Gasteiger charge is -2.16. The zero-order valence-corrected chi connectivity index (χ0v) is 20.7. The third-order valence-electron chi connectivity index (χ3n) is 6.13. The summed E-state index contributed by atoms with van der Waals surface area (Å²) in [6.07, 6.45) is 5.28. The Hall–Kier alpha value is -2.76. The van der Waals surface area contributed by atoms with Gasteiger partial charge in [-0.25, -0.2) is 13.2 Å². The van der Waals surface area contributed by atoms with E-state index >= 15 is 0 Å². The first-order valence-corrected chi connectivity index (χ1v) is 13.4. The summed E-state index contributed by atoms with van der Waals surface area (Å²) in [6.45, 7) is 0. The Balaban J connectivity index is 1.57. The van der Waals surface area contributed by atoms with Crippen LogP contribution >= 0.6 is 11.3 Å². The Bertz CT molecular complexity index is 1220. The minimum atomic E-state index is -3.61. The summed E-state index contributed by atoms with van der Waals surface area (Å²) in [5, 5.41) is 5.35. The second-order valence-corrected chi connectivity index (χ2v) is 11.5. The fraction of sp³-hybridized carbons (Fsp3) is 0.435. The zero-order chi connectivity index (χ0) is 24.5. The number of carbonyl (C=O) groups excluding carboxylic acids is 3. The molecule has 1 aromatic heterocycles. The Labute approximate surface area is 202 Å². The Morgan fingerprint density at radius 2 is 1.71 bits per heavy atom. The Kier molecular flexibility index (Phi) is 7.06. The molecule has 11 heteroatoms. The summed E-state index contributed by atoms with van der Waals surface area (Å²) >= 11 is 1.34. The molecule has 0 saturated heterocycles. The first kappa shape index (κ1) is 24.4. The van der Waals surface area contributed by atoms with Crippen LogP contribution in [0.15, 0.2) is 29.2 Å². The quantitative estimate of drug-likeness (QED) is 0.579. The Morgan fingerprint density at radius 1 is 1.03 bits per heavy atom. The van der Waals surface area contributed by atoms with E-state index in [1.165, 1.54) is 47.0 Å². The number of rotatable bonds is 6. The number of benzene rings is 1. The largest absolute Gasteiger partial charge is 0.453 e. The molecule has 1 saturated carbocycles. The van der Waals surface area contributed by atoms with Crippen LogP contribution in [-0.2, 0) is 27.6 Å². The van der Waals surface area contributed by atoms with Crippen LogP contribution in [0.3, 0.4) is 0 Å². The zero-order valence-electron chi connectivity index (χ0n) is 19.0. The van der Waals surface area contributed by atoms with Crippen LogP contribution < -0.4 is 10.6 Å². The van der Waals surface area contributed by atoms with Crippen LogP contribution in [0.2, 0.25) is 0 Å². The fourth-order valence-corrected chi connectivity index (χ4v) is 6.73. The van der Waals surface area contributed by atoms with Crippen molar-refractivity contribution in [2.24, 2.45) is 0 Å². The monoisotopic (exact) mass is 505 g/mol. The van der Waals surface area contributed by atoms with E-state index in [9.17, 15) is 22.8 Å². The lowest BCUT2D eigenvalue weighted by atomic mass is 10.0. The SMILES string of the molecule is COC(=O)NC(=O)c1c(NC(=O)c2ccc(S(=O)(=O)N(C)C3CC3)cc2)sc2c1CCCCC2. The molecule has 0 spiro atoms. The average Bonchev–Trinajstić information content (AvgIpc) is 3.64. The summed E-state index contributed by atoms with van der Waals surface area (Å²) in [5.41, 5.74) is 1.39. The number of imide groups is 1. The average molecular weight is 506 g/mol. The van der Waals surface area contributed by atoms with E-state index in [1.807, 2.05) is 0 Å². The van der Waals surface area contributed by atoms with Gasteiger partial charge in [-0.15, -0.1) is 11.3 Å². The molecule has 2 aromatic rings. The van der Waals surface area contributed by atoms with E-state index in [-0.39, 0.29) is 22.1 Å². The number of hydrogen-bond acceptors (Lipinski definition) is 7. The van der Waals surface area contributed by atoms with Crippen molar-refractivity contribution in [3.63, 3.8) is 0 Å². The number of hydrogen-bond donors (Lipinski definition) is 2. The summed E-state index contributed by atoms with van der Waals surface area (Å²) in [4.78, 5) is 38.6. The topological polar surface area (TPSA) is 122 Å². The van der Waals surface area contributed by atoms with E-state index < -0.39 is 27.9 Å². The molecule has 2 aliphatic carbocycles. The fourth-order valence-electron chi connectivity index (χ4n) is 4.03. The smallest absolute Gasteiger partial charge is 0.413 e. The van der Waals surface area contributed by atoms with Crippen LogP contribution in [0, 0.1) is 0 Å². The maximum Gasteiger partial charge on any atom is 0.413 e. The van der Waals surface area contributed by atoms with Crippen molar-refractivity contribution in [2.75, 3.05) is 19.5 Å². The molecular formula is C23H27N3O6S2. The minimum Gasteiger partial charge on any atom is -0.453 e. The molecule has 34 heavy (non-hydrogen) atoms. The van der Waals surface area contributed by atoms with E-state index in [1.54, 1.807) is 7.05 Å². The molecule has 0 bridgehead atoms. The molecule has 3 amide bonds. The first-order chi connectivity index (χ1) is 16.2. The van der Waals surface area contributed by atoms with Gasteiger partial charge in [-0.1, -0.05) is 6.42 Å². The lowest BCUT2D eigenvalue weighted by molar-refractivity contribution is 0.0937. The predicted octanol–water partition coefficient (Wildman–Crippen LogP) is 3.55. The van der Waals surface area contributed by atoms with Crippen molar-refractivity contribution in [1.82, 2.24) is 9.62 Å². The molecule has 0 radical (unpaired) electrons. The number of carbonyl (C=O) groups is 3. The van der Waals surface area contributed by atoms with Gasteiger partial charge in [0.2, 0.25) is 10.0 Å². The van der Waals surface area contributed by atoms with Crippen molar-refractivity contribution in [3.8, 4) is 0 Å². The third-order valence-corrected chi connectivity index (χ3v) is 9.26. The number of ether oxygens (including phenoxy) is 1. The van der Waals surface area contributed by atoms with Crippen LogP contribution in [0.1, 0.15) is 63.3 Å². The number of thiophene rings is 1. The predicted molar refractivity (Wildman–Crippen MR) is 128 cm³/mol. The molecule has 4 rings (SSSR count). The van der Waals surface area contributed by atoms with Gasteiger partial charge in [-0.2, -0.15) is 4.31 Å². The second kappa shape index (κ2) is 9.85. The van der Waals surface area contributed by atoms with E-state index in [0.29, 0.717) is 11.4 Å². The van der Waals surface area contributed by atoms with Crippen LogP contribution in [-0.4, -0.2) is 50.8 Å². The number of nitrogens with one attached hydrogen (secondary N) is 2. The maximum atomic E-state index is 13.0. The highest BCUT2D eigenvalue weighted by Crippen LogP contribution is 2.38. The molecule has 1 aromatic carbocycles. The van der Waals surface area contributed by atoms with E-state index in [0.717, 1.165) is 49.0 Å². The normalized spacial score (nSPS) is 15.9. The molecular weight excluding hydrogens is 478 g/mol. The van der Waals surface area contributed by atoms with Gasteiger partial charge in [-0.05, 0) is 68.4 Å². The number of sulfonamides is 1. The van der Waals surface area contributed by atoms with Gasteiger partial charge >= 0.3 is 6.09 Å². The summed E-state index contributed by atoms with van der Waals surface area (Å²) in [5.74, 6) is -1.09. The highest BCUT2D eigenvalue weighted by Gasteiger charge is 2.35. The number of anilines is 1. The number of methoxy groups -OCH3 is 1. The molecule has 9 nitrogen and oxygen atoms in total. The van der Waals surface area contributed by atoms with E-state index in [4.69, 9.17) is 0 Å². The minimum absolute atomic E-state index is 0.0385. The molecule has 2 aliphatic rings. The maximum absolute atomic E-state index is 13.0. The van der Waals surface area contributed by atoms with Crippen molar-refractivity contribution in [3.05, 3.63) is 45.8 Å². The number of aryl methyl sites for hydroxylation is 1. The number of alkyl carbamates (subject to hydrolysis) is 1. The summed E-state index contributed by atoms with van der Waals surface area (Å²) < 4.78 is 31.3. The molecule has 182 valence electrons. The number of fused-ring (bicyclic) bond motifs is 1. The molecule has 0 aliphatic heterocycles. The van der Waals surface area contributed by atoms with Gasteiger partial charge in [0, 0.05) is 23.5 Å². The number of amides is 3. The first-order valence-electron chi connectivity index (χ1n) is 11.2. The van der Waals surface area contributed by atoms with Crippen LogP contribution in [0.4, 0.5) is 9.80 Å². The molecule has 0 atom stereocenters. The summed E-state index contributed by atoms with van der Waals surface area (Å²) in [6, 6.07) is 5.78. The standard InChI is InChI=1S/C23H27N3O6S2/c1-26(15-10-11-15)34(30,31)16-12-8-14(9-13-16)20(27)24-22-19(21(28)25-23(29)32-2)17-6-4-3-5-7-18(17)33-22/h8-9,12-13,15H,3-7,10-11H2,1-2H3,(H,24,27)(H,25,28,29). The third kappa shape index (κ3) is 5.01. The van der Waals surface area contributed by atoms with Gasteiger partial charge in [0.25, 0.3) is 11.8 Å². The van der Waals surface area contributed by atoms with Gasteiger partial charge in [0.05, 0.1) is 17.6 Å². The van der Waals surface area contributed by atoms with Crippen LogP contribution in [0.5, 0.6) is 0 Å².